The standard InChI is InChI=1S/C23H22N6O2S2/c1-12(2)33(30,31)17-11-14(10-15-21(17)29-23(25)26-15)20-19(13-6-4-3-5-7-13)27-22(28-20)16-8-9-18(24)32-16/h3-12H,24H2,1-2H3,(H,27,28)(H3,25,26,29). The largest absolute Gasteiger partial charge is 0.391 e. The van der Waals surface area contributed by atoms with E-state index in [9.17, 15) is 8.42 Å². The van der Waals surface area contributed by atoms with E-state index in [-0.39, 0.29) is 10.8 Å². The van der Waals surface area contributed by atoms with Crippen LogP contribution in [0.3, 0.4) is 0 Å². The van der Waals surface area contributed by atoms with E-state index in [1.165, 1.54) is 11.3 Å². The zero-order valence-corrected chi connectivity index (χ0v) is 19.6. The number of sulfone groups is 1. The Morgan fingerprint density at radius 1 is 0.939 bits per heavy atom. The van der Waals surface area contributed by atoms with Gasteiger partial charge in [0.05, 0.1) is 36.9 Å². The van der Waals surface area contributed by atoms with Gasteiger partial charge in [0.1, 0.15) is 11.3 Å². The molecule has 3 aromatic heterocycles. The second-order valence-corrected chi connectivity index (χ2v) is 11.6. The van der Waals surface area contributed by atoms with E-state index >= 15 is 0 Å². The zero-order chi connectivity index (χ0) is 23.3. The third kappa shape index (κ3) is 3.66. The van der Waals surface area contributed by atoms with Crippen LogP contribution in [0.2, 0.25) is 0 Å². The number of nitrogen functional groups attached to an aromatic ring is 2. The Morgan fingerprint density at radius 2 is 1.70 bits per heavy atom. The number of hydrogen-bond acceptors (Lipinski definition) is 7. The van der Waals surface area contributed by atoms with Crippen molar-refractivity contribution in [2.75, 3.05) is 11.5 Å². The SMILES string of the molecule is CC(C)S(=O)(=O)c1cc(-c2nc(-c3ccc(N)s3)[nH]c2-c2ccccc2)cc2[nH]c(N)nc12. The summed E-state index contributed by atoms with van der Waals surface area (Å²) in [5.41, 5.74) is 15.6. The fourth-order valence-corrected chi connectivity index (χ4v) is 5.65. The van der Waals surface area contributed by atoms with Gasteiger partial charge in [-0.3, -0.25) is 0 Å². The second-order valence-electron chi connectivity index (χ2n) is 7.96. The Morgan fingerprint density at radius 3 is 2.36 bits per heavy atom. The monoisotopic (exact) mass is 478 g/mol. The average molecular weight is 479 g/mol. The Kier molecular flexibility index (Phi) is 4.98. The molecule has 5 rings (SSSR count). The number of aromatic nitrogens is 4. The first kappa shape index (κ1) is 21.2. The molecule has 0 aliphatic carbocycles. The average Bonchev–Trinajstić information content (AvgIpc) is 3.50. The molecule has 10 heteroatoms. The Labute approximate surface area is 194 Å². The van der Waals surface area contributed by atoms with Gasteiger partial charge < -0.3 is 21.4 Å². The van der Waals surface area contributed by atoms with Gasteiger partial charge in [-0.05, 0) is 38.1 Å². The van der Waals surface area contributed by atoms with Gasteiger partial charge in [0.2, 0.25) is 0 Å². The normalized spacial score (nSPS) is 12.1. The molecule has 0 saturated heterocycles. The van der Waals surface area contributed by atoms with Crippen molar-refractivity contribution < 1.29 is 8.42 Å². The van der Waals surface area contributed by atoms with Crippen LogP contribution in [-0.4, -0.2) is 33.6 Å². The van der Waals surface area contributed by atoms with Crippen molar-refractivity contribution in [3.8, 4) is 33.2 Å². The molecule has 0 unspecified atom stereocenters. The van der Waals surface area contributed by atoms with E-state index in [2.05, 4.69) is 15.0 Å². The number of fused-ring (bicyclic) bond motifs is 1. The Balaban J connectivity index is 1.80. The van der Waals surface area contributed by atoms with Crippen molar-refractivity contribution >= 4 is 43.2 Å². The molecule has 0 aliphatic rings. The van der Waals surface area contributed by atoms with Crippen LogP contribution in [0.15, 0.2) is 59.5 Å². The van der Waals surface area contributed by atoms with Crippen LogP contribution >= 0.6 is 11.3 Å². The van der Waals surface area contributed by atoms with Crippen molar-refractivity contribution in [2.45, 2.75) is 24.0 Å². The van der Waals surface area contributed by atoms with Crippen molar-refractivity contribution in [1.29, 1.82) is 0 Å². The molecule has 168 valence electrons. The molecule has 0 fully saturated rings. The predicted molar refractivity (Wildman–Crippen MR) is 134 cm³/mol. The maximum Gasteiger partial charge on any atom is 0.198 e. The van der Waals surface area contributed by atoms with Gasteiger partial charge in [0.15, 0.2) is 15.8 Å². The smallest absolute Gasteiger partial charge is 0.198 e. The number of benzene rings is 2. The van der Waals surface area contributed by atoms with E-state index in [4.69, 9.17) is 16.5 Å². The summed E-state index contributed by atoms with van der Waals surface area (Å²) in [6.07, 6.45) is 0. The van der Waals surface area contributed by atoms with Crippen LogP contribution in [0, 0.1) is 0 Å². The highest BCUT2D eigenvalue weighted by atomic mass is 32.2. The molecule has 0 atom stereocenters. The summed E-state index contributed by atoms with van der Waals surface area (Å²) in [5.74, 6) is 0.811. The molecule has 6 N–H and O–H groups in total. The number of thiophene rings is 1. The minimum Gasteiger partial charge on any atom is -0.391 e. The van der Waals surface area contributed by atoms with Crippen LogP contribution in [0.5, 0.6) is 0 Å². The third-order valence-electron chi connectivity index (χ3n) is 5.40. The molecule has 0 saturated carbocycles. The van der Waals surface area contributed by atoms with Crippen LogP contribution < -0.4 is 11.5 Å². The summed E-state index contributed by atoms with van der Waals surface area (Å²) in [7, 11) is -3.63. The number of H-pyrrole nitrogens is 2. The first-order valence-electron chi connectivity index (χ1n) is 10.3. The minimum atomic E-state index is -3.63. The van der Waals surface area contributed by atoms with E-state index in [0.717, 1.165) is 16.1 Å². The fourth-order valence-electron chi connectivity index (χ4n) is 3.71. The molecule has 3 heterocycles. The molecule has 0 bridgehead atoms. The molecular formula is C23H22N6O2S2. The number of nitrogens with one attached hydrogen (secondary N) is 2. The molecular weight excluding hydrogens is 456 g/mol. The molecule has 0 amide bonds. The highest BCUT2D eigenvalue weighted by molar-refractivity contribution is 7.92. The number of hydrogen-bond donors (Lipinski definition) is 4. The summed E-state index contributed by atoms with van der Waals surface area (Å²) < 4.78 is 26.4. The van der Waals surface area contributed by atoms with Gasteiger partial charge in [0, 0.05) is 11.1 Å². The number of aromatic amines is 2. The van der Waals surface area contributed by atoms with Crippen molar-refractivity contribution in [2.24, 2.45) is 0 Å². The summed E-state index contributed by atoms with van der Waals surface area (Å²) in [6.45, 7) is 3.29. The van der Waals surface area contributed by atoms with E-state index in [1.54, 1.807) is 19.9 Å². The quantitative estimate of drug-likeness (QED) is 0.288. The van der Waals surface area contributed by atoms with Gasteiger partial charge in [-0.15, -0.1) is 11.3 Å². The number of rotatable bonds is 5. The summed E-state index contributed by atoms with van der Waals surface area (Å²) in [5, 5.41) is 0.0650. The summed E-state index contributed by atoms with van der Waals surface area (Å²) >= 11 is 1.43. The molecule has 33 heavy (non-hydrogen) atoms. The lowest BCUT2D eigenvalue weighted by Crippen LogP contribution is -2.14. The maximum atomic E-state index is 13.2. The molecule has 5 aromatic rings. The Hall–Kier alpha value is -3.63. The van der Waals surface area contributed by atoms with Crippen LogP contribution in [0.4, 0.5) is 10.9 Å². The predicted octanol–water partition coefficient (Wildman–Crippen LogP) is 4.70. The number of anilines is 2. The molecule has 0 radical (unpaired) electrons. The topological polar surface area (TPSA) is 144 Å². The third-order valence-corrected chi connectivity index (χ3v) is 8.48. The van der Waals surface area contributed by atoms with Crippen molar-refractivity contribution in [3.05, 3.63) is 54.6 Å². The lowest BCUT2D eigenvalue weighted by atomic mass is 10.0. The van der Waals surface area contributed by atoms with Crippen LogP contribution in [0.25, 0.3) is 44.2 Å². The molecule has 0 spiro atoms. The maximum absolute atomic E-state index is 13.2. The van der Waals surface area contributed by atoms with Gasteiger partial charge in [0.25, 0.3) is 0 Å². The van der Waals surface area contributed by atoms with Crippen molar-refractivity contribution in [1.82, 2.24) is 19.9 Å². The molecule has 8 nitrogen and oxygen atoms in total. The minimum absolute atomic E-state index is 0.127. The molecule has 0 aliphatic heterocycles. The van der Waals surface area contributed by atoms with E-state index in [1.807, 2.05) is 48.5 Å². The highest BCUT2D eigenvalue weighted by Gasteiger charge is 2.26. The van der Waals surface area contributed by atoms with Gasteiger partial charge >= 0.3 is 0 Å². The lowest BCUT2D eigenvalue weighted by molar-refractivity contribution is 0.588. The van der Waals surface area contributed by atoms with Gasteiger partial charge in [-0.2, -0.15) is 0 Å². The first-order valence-corrected chi connectivity index (χ1v) is 12.6. The number of imidazole rings is 2. The van der Waals surface area contributed by atoms with Crippen LogP contribution in [0.1, 0.15) is 13.8 Å². The number of nitrogens with two attached hydrogens (primary N) is 2. The zero-order valence-electron chi connectivity index (χ0n) is 18.0. The fraction of sp³-hybridized carbons (Fsp3) is 0.130. The second kappa shape index (κ2) is 7.75. The van der Waals surface area contributed by atoms with Gasteiger partial charge in [-0.1, -0.05) is 30.3 Å². The van der Waals surface area contributed by atoms with Crippen LogP contribution in [-0.2, 0) is 9.84 Å². The van der Waals surface area contributed by atoms with Crippen molar-refractivity contribution in [3.63, 3.8) is 0 Å². The summed E-state index contributed by atoms with van der Waals surface area (Å²) in [6, 6.07) is 17.0. The molecule has 2 aromatic carbocycles. The lowest BCUT2D eigenvalue weighted by Gasteiger charge is -2.11. The van der Waals surface area contributed by atoms with E-state index < -0.39 is 15.1 Å². The van der Waals surface area contributed by atoms with Gasteiger partial charge in [-0.25, -0.2) is 18.4 Å². The summed E-state index contributed by atoms with van der Waals surface area (Å²) in [4.78, 5) is 16.5. The number of nitrogens with zero attached hydrogens (tertiary/aromatic N) is 2. The Bertz CT molecular complexity index is 1580. The first-order chi connectivity index (χ1) is 15.7. The highest BCUT2D eigenvalue weighted by Crippen LogP contribution is 2.38. The van der Waals surface area contributed by atoms with E-state index in [0.29, 0.717) is 33.1 Å².